The van der Waals surface area contributed by atoms with E-state index in [0.717, 1.165) is 36.4 Å². The molecule has 19 heavy (non-hydrogen) atoms. The number of benzene rings is 1. The lowest BCUT2D eigenvalue weighted by atomic mass is 10.1. The molecule has 1 N–H and O–H groups in total. The number of anilines is 1. The molecular formula is C15H24N2O2. The van der Waals surface area contributed by atoms with Crippen LogP contribution < -0.4 is 5.32 Å². The highest BCUT2D eigenvalue weighted by atomic mass is 16.5. The van der Waals surface area contributed by atoms with Crippen LogP contribution in [0.15, 0.2) is 18.2 Å². The monoisotopic (exact) mass is 264 g/mol. The number of nitrogens with zero attached hydrogens (tertiary/aromatic N) is 1. The van der Waals surface area contributed by atoms with Gasteiger partial charge in [-0.15, -0.1) is 0 Å². The highest BCUT2D eigenvalue weighted by molar-refractivity contribution is 5.84. The number of rotatable bonds is 6. The fraction of sp³-hybridized carbons (Fsp3) is 0.533. The van der Waals surface area contributed by atoms with Gasteiger partial charge >= 0.3 is 6.09 Å². The SMILES string of the molecule is CCN(CC)CCOC(=O)Nc1cc(C)cc(C)c1. The van der Waals surface area contributed by atoms with Gasteiger partial charge in [0.2, 0.25) is 0 Å². The summed E-state index contributed by atoms with van der Waals surface area (Å²) in [5.41, 5.74) is 3.03. The number of likely N-dealkylation sites (N-methyl/N-ethyl adjacent to an activating group) is 1. The molecule has 0 unspecified atom stereocenters. The number of nitrogens with one attached hydrogen (secondary N) is 1. The van der Waals surface area contributed by atoms with E-state index in [4.69, 9.17) is 4.74 Å². The minimum Gasteiger partial charge on any atom is -0.448 e. The summed E-state index contributed by atoms with van der Waals surface area (Å²) in [4.78, 5) is 13.9. The molecule has 1 rings (SSSR count). The Bertz CT molecular complexity index is 394. The molecular weight excluding hydrogens is 240 g/mol. The van der Waals surface area contributed by atoms with Gasteiger partial charge in [-0.1, -0.05) is 19.9 Å². The molecule has 0 radical (unpaired) electrons. The molecule has 0 aliphatic rings. The summed E-state index contributed by atoms with van der Waals surface area (Å²) in [5, 5.41) is 2.75. The van der Waals surface area contributed by atoms with E-state index in [9.17, 15) is 4.79 Å². The standard InChI is InChI=1S/C15H24N2O2/c1-5-17(6-2)7-8-19-15(18)16-14-10-12(3)9-13(4)11-14/h9-11H,5-8H2,1-4H3,(H,16,18). The summed E-state index contributed by atoms with van der Waals surface area (Å²) >= 11 is 0. The topological polar surface area (TPSA) is 41.6 Å². The predicted octanol–water partition coefficient (Wildman–Crippen LogP) is 3.19. The first-order valence-corrected chi connectivity index (χ1v) is 6.79. The number of hydrogen-bond donors (Lipinski definition) is 1. The predicted molar refractivity (Wildman–Crippen MR) is 78.7 cm³/mol. The lowest BCUT2D eigenvalue weighted by molar-refractivity contribution is 0.142. The normalized spacial score (nSPS) is 10.6. The van der Waals surface area contributed by atoms with Crippen molar-refractivity contribution in [1.29, 1.82) is 0 Å². The highest BCUT2D eigenvalue weighted by Gasteiger charge is 2.05. The molecule has 0 spiro atoms. The summed E-state index contributed by atoms with van der Waals surface area (Å²) < 4.78 is 5.17. The highest BCUT2D eigenvalue weighted by Crippen LogP contribution is 2.13. The number of carbonyl (C=O) groups excluding carboxylic acids is 1. The Morgan fingerprint density at radius 2 is 1.74 bits per heavy atom. The fourth-order valence-corrected chi connectivity index (χ4v) is 2.01. The second-order valence-corrected chi connectivity index (χ2v) is 4.66. The van der Waals surface area contributed by atoms with Crippen molar-refractivity contribution >= 4 is 11.8 Å². The molecule has 0 bridgehead atoms. The molecule has 0 saturated heterocycles. The zero-order valence-corrected chi connectivity index (χ0v) is 12.3. The smallest absolute Gasteiger partial charge is 0.411 e. The van der Waals surface area contributed by atoms with E-state index in [0.29, 0.717) is 6.61 Å². The Balaban J connectivity index is 2.38. The van der Waals surface area contributed by atoms with E-state index in [-0.39, 0.29) is 0 Å². The summed E-state index contributed by atoms with van der Waals surface area (Å²) in [7, 11) is 0. The van der Waals surface area contributed by atoms with Crippen LogP contribution in [0.5, 0.6) is 0 Å². The van der Waals surface area contributed by atoms with Gasteiger partial charge in [0.05, 0.1) is 0 Å². The largest absolute Gasteiger partial charge is 0.448 e. The molecule has 0 aliphatic heterocycles. The third-order valence-corrected chi connectivity index (χ3v) is 3.00. The van der Waals surface area contributed by atoms with Crippen LogP contribution in [0.1, 0.15) is 25.0 Å². The molecule has 0 heterocycles. The van der Waals surface area contributed by atoms with E-state index in [1.165, 1.54) is 0 Å². The zero-order chi connectivity index (χ0) is 14.3. The Hall–Kier alpha value is -1.55. The summed E-state index contributed by atoms with van der Waals surface area (Å²) in [6.45, 7) is 11.3. The Morgan fingerprint density at radius 3 is 2.26 bits per heavy atom. The van der Waals surface area contributed by atoms with E-state index in [1.807, 2.05) is 26.0 Å². The minimum absolute atomic E-state index is 0.392. The van der Waals surface area contributed by atoms with Gasteiger partial charge in [-0.05, 0) is 50.2 Å². The van der Waals surface area contributed by atoms with Gasteiger partial charge in [0, 0.05) is 12.2 Å². The lowest BCUT2D eigenvalue weighted by Crippen LogP contribution is -2.28. The maximum atomic E-state index is 11.6. The van der Waals surface area contributed by atoms with Crippen LogP contribution in [-0.2, 0) is 4.74 Å². The average Bonchev–Trinajstić information content (AvgIpc) is 2.33. The minimum atomic E-state index is -0.392. The van der Waals surface area contributed by atoms with Crippen LogP contribution in [0.3, 0.4) is 0 Å². The summed E-state index contributed by atoms with van der Waals surface area (Å²) in [6.07, 6.45) is -0.392. The van der Waals surface area contributed by atoms with Crippen LogP contribution in [0.2, 0.25) is 0 Å². The van der Waals surface area contributed by atoms with Crippen molar-refractivity contribution in [2.75, 3.05) is 31.6 Å². The first-order valence-electron chi connectivity index (χ1n) is 6.79. The second-order valence-electron chi connectivity index (χ2n) is 4.66. The Morgan fingerprint density at radius 1 is 1.16 bits per heavy atom. The molecule has 0 aliphatic carbocycles. The third-order valence-electron chi connectivity index (χ3n) is 3.00. The fourth-order valence-electron chi connectivity index (χ4n) is 2.01. The molecule has 0 aromatic heterocycles. The van der Waals surface area contributed by atoms with Gasteiger partial charge in [0.25, 0.3) is 0 Å². The van der Waals surface area contributed by atoms with Crippen molar-refractivity contribution in [3.8, 4) is 0 Å². The van der Waals surface area contributed by atoms with Crippen LogP contribution in [0.25, 0.3) is 0 Å². The molecule has 0 fully saturated rings. The molecule has 0 atom stereocenters. The van der Waals surface area contributed by atoms with Crippen molar-refractivity contribution in [2.45, 2.75) is 27.7 Å². The number of ether oxygens (including phenoxy) is 1. The van der Waals surface area contributed by atoms with Crippen molar-refractivity contribution in [1.82, 2.24) is 4.90 Å². The van der Waals surface area contributed by atoms with Gasteiger partial charge in [-0.3, -0.25) is 5.32 Å². The van der Waals surface area contributed by atoms with Crippen molar-refractivity contribution in [3.05, 3.63) is 29.3 Å². The molecule has 1 amide bonds. The van der Waals surface area contributed by atoms with Crippen LogP contribution >= 0.6 is 0 Å². The quantitative estimate of drug-likeness (QED) is 0.858. The number of aryl methyl sites for hydroxylation is 2. The van der Waals surface area contributed by atoms with Crippen molar-refractivity contribution < 1.29 is 9.53 Å². The molecule has 0 saturated carbocycles. The number of hydrogen-bond acceptors (Lipinski definition) is 3. The lowest BCUT2D eigenvalue weighted by Gasteiger charge is -2.17. The maximum absolute atomic E-state index is 11.6. The summed E-state index contributed by atoms with van der Waals surface area (Å²) in [5.74, 6) is 0. The van der Waals surface area contributed by atoms with E-state index in [1.54, 1.807) is 0 Å². The summed E-state index contributed by atoms with van der Waals surface area (Å²) in [6, 6.07) is 5.92. The Labute approximate surface area is 115 Å². The molecule has 1 aromatic carbocycles. The van der Waals surface area contributed by atoms with E-state index >= 15 is 0 Å². The Kier molecular flexibility index (Phi) is 6.36. The zero-order valence-electron chi connectivity index (χ0n) is 12.3. The van der Waals surface area contributed by atoms with E-state index < -0.39 is 6.09 Å². The van der Waals surface area contributed by atoms with Crippen molar-refractivity contribution in [2.24, 2.45) is 0 Å². The van der Waals surface area contributed by atoms with Gasteiger partial charge < -0.3 is 9.64 Å². The van der Waals surface area contributed by atoms with Crippen LogP contribution in [0.4, 0.5) is 10.5 Å². The average molecular weight is 264 g/mol. The first kappa shape index (κ1) is 15.5. The molecule has 106 valence electrons. The second kappa shape index (κ2) is 7.79. The first-order chi connectivity index (χ1) is 9.05. The van der Waals surface area contributed by atoms with E-state index in [2.05, 4.69) is 30.1 Å². The molecule has 1 aromatic rings. The van der Waals surface area contributed by atoms with Gasteiger partial charge in [-0.2, -0.15) is 0 Å². The van der Waals surface area contributed by atoms with Crippen molar-refractivity contribution in [3.63, 3.8) is 0 Å². The van der Waals surface area contributed by atoms with Gasteiger partial charge in [-0.25, -0.2) is 4.79 Å². The number of carbonyl (C=O) groups is 1. The molecule has 4 heteroatoms. The molecule has 4 nitrogen and oxygen atoms in total. The van der Waals surface area contributed by atoms with Gasteiger partial charge in [0.1, 0.15) is 6.61 Å². The maximum Gasteiger partial charge on any atom is 0.411 e. The third kappa shape index (κ3) is 5.75. The van der Waals surface area contributed by atoms with Crippen LogP contribution in [0, 0.1) is 13.8 Å². The van der Waals surface area contributed by atoms with Crippen LogP contribution in [-0.4, -0.2) is 37.2 Å². The van der Waals surface area contributed by atoms with Gasteiger partial charge in [0.15, 0.2) is 0 Å². The number of amides is 1.